The lowest BCUT2D eigenvalue weighted by Gasteiger charge is -2.27. The van der Waals surface area contributed by atoms with Gasteiger partial charge in [-0.25, -0.2) is 0 Å². The monoisotopic (exact) mass is 187 g/mol. The maximum Gasteiger partial charge on any atom is 0.107 e. The quantitative estimate of drug-likeness (QED) is 0.333. The number of rotatable bonds is 5. The van der Waals surface area contributed by atoms with Crippen LogP contribution < -0.4 is 16.0 Å². The summed E-state index contributed by atoms with van der Waals surface area (Å²) in [5.41, 5.74) is 0. The van der Waals surface area contributed by atoms with Crippen LogP contribution in [0.1, 0.15) is 12.8 Å². The highest BCUT2D eigenvalue weighted by atomic mass is 16.3. The third-order valence-electron chi connectivity index (χ3n) is 2.56. The van der Waals surface area contributed by atoms with E-state index in [9.17, 15) is 5.11 Å². The van der Waals surface area contributed by atoms with Gasteiger partial charge in [-0.15, -0.1) is 0 Å². The first-order chi connectivity index (χ1) is 6.34. The van der Waals surface area contributed by atoms with E-state index in [0.29, 0.717) is 5.92 Å². The Labute approximate surface area is 80.1 Å². The Kier molecular flexibility index (Phi) is 5.31. The van der Waals surface area contributed by atoms with Gasteiger partial charge in [0.2, 0.25) is 0 Å². The molecule has 1 fully saturated rings. The number of nitrogens with one attached hydrogen (secondary N) is 3. The molecule has 1 saturated heterocycles. The second-order valence-electron chi connectivity index (χ2n) is 3.59. The van der Waals surface area contributed by atoms with E-state index in [1.165, 1.54) is 0 Å². The number of aliphatic hydroxyl groups is 1. The summed E-state index contributed by atoms with van der Waals surface area (Å²) in [5.74, 6) is 0.429. The Morgan fingerprint density at radius 1 is 1.38 bits per heavy atom. The minimum absolute atomic E-state index is 0.324. The van der Waals surface area contributed by atoms with E-state index in [-0.39, 0.29) is 6.23 Å². The third-order valence-corrected chi connectivity index (χ3v) is 2.56. The summed E-state index contributed by atoms with van der Waals surface area (Å²) in [6, 6.07) is 0. The first-order valence-corrected chi connectivity index (χ1v) is 5.11. The fourth-order valence-electron chi connectivity index (χ4n) is 1.67. The molecule has 1 atom stereocenters. The van der Waals surface area contributed by atoms with Crippen molar-refractivity contribution in [2.75, 3.05) is 33.2 Å². The molecule has 0 radical (unpaired) electrons. The molecule has 4 nitrogen and oxygen atoms in total. The molecule has 1 aliphatic heterocycles. The molecule has 13 heavy (non-hydrogen) atoms. The van der Waals surface area contributed by atoms with Gasteiger partial charge in [0.05, 0.1) is 0 Å². The molecule has 1 aliphatic rings. The predicted octanol–water partition coefficient (Wildman–Crippen LogP) is -0.887. The van der Waals surface area contributed by atoms with Crippen molar-refractivity contribution in [3.63, 3.8) is 0 Å². The highest BCUT2D eigenvalue weighted by Crippen LogP contribution is 2.14. The second-order valence-corrected chi connectivity index (χ2v) is 3.59. The summed E-state index contributed by atoms with van der Waals surface area (Å²) < 4.78 is 0. The molecule has 0 saturated carbocycles. The molecule has 1 rings (SSSR count). The summed E-state index contributed by atoms with van der Waals surface area (Å²) in [4.78, 5) is 0. The molecule has 0 aliphatic carbocycles. The van der Waals surface area contributed by atoms with Crippen molar-refractivity contribution in [3.8, 4) is 0 Å². The van der Waals surface area contributed by atoms with Gasteiger partial charge in [0.1, 0.15) is 6.23 Å². The van der Waals surface area contributed by atoms with Gasteiger partial charge in [-0.1, -0.05) is 0 Å². The molecule has 78 valence electrons. The van der Waals surface area contributed by atoms with E-state index in [4.69, 9.17) is 0 Å². The van der Waals surface area contributed by atoms with Gasteiger partial charge in [0.25, 0.3) is 0 Å². The molecule has 0 spiro atoms. The van der Waals surface area contributed by atoms with Crippen molar-refractivity contribution in [1.82, 2.24) is 16.0 Å². The molecular formula is C9H21N3O. The van der Waals surface area contributed by atoms with Crippen LogP contribution in [0.5, 0.6) is 0 Å². The van der Waals surface area contributed by atoms with Crippen LogP contribution in [0.25, 0.3) is 0 Å². The minimum Gasteiger partial charge on any atom is -0.378 e. The highest BCUT2D eigenvalue weighted by Gasteiger charge is 2.20. The zero-order valence-corrected chi connectivity index (χ0v) is 8.34. The summed E-state index contributed by atoms with van der Waals surface area (Å²) in [6.45, 7) is 3.81. The zero-order chi connectivity index (χ0) is 9.52. The number of aliphatic hydroxyl groups excluding tert-OH is 1. The smallest absolute Gasteiger partial charge is 0.107 e. The van der Waals surface area contributed by atoms with Crippen molar-refractivity contribution in [2.45, 2.75) is 19.1 Å². The van der Waals surface area contributed by atoms with Crippen molar-refractivity contribution >= 4 is 0 Å². The molecule has 4 N–H and O–H groups in total. The lowest BCUT2D eigenvalue weighted by atomic mass is 9.96. The number of likely N-dealkylation sites (N-methyl/N-ethyl adjacent to an activating group) is 1. The van der Waals surface area contributed by atoms with Crippen LogP contribution in [-0.4, -0.2) is 44.6 Å². The lowest BCUT2D eigenvalue weighted by Crippen LogP contribution is -2.43. The maximum atomic E-state index is 9.73. The highest BCUT2D eigenvalue weighted by molar-refractivity contribution is 4.73. The Bertz CT molecular complexity index is 126. The van der Waals surface area contributed by atoms with Crippen LogP contribution in [0.3, 0.4) is 0 Å². The van der Waals surface area contributed by atoms with Gasteiger partial charge in [0.15, 0.2) is 0 Å². The molecule has 1 heterocycles. The molecule has 0 aromatic carbocycles. The molecule has 4 heteroatoms. The second kappa shape index (κ2) is 6.32. The average molecular weight is 187 g/mol. The summed E-state index contributed by atoms with van der Waals surface area (Å²) in [7, 11) is 1.92. The van der Waals surface area contributed by atoms with Crippen LogP contribution in [0, 0.1) is 5.92 Å². The van der Waals surface area contributed by atoms with Crippen molar-refractivity contribution < 1.29 is 5.11 Å². The Morgan fingerprint density at radius 3 is 2.69 bits per heavy atom. The standard InChI is InChI=1S/C9H21N3O/c1-10-6-7-12-9(13)8-2-4-11-5-3-8/h8-13H,2-7H2,1H3. The van der Waals surface area contributed by atoms with Crippen LogP contribution in [0.4, 0.5) is 0 Å². The maximum absolute atomic E-state index is 9.73. The van der Waals surface area contributed by atoms with Gasteiger partial charge in [0, 0.05) is 19.0 Å². The largest absolute Gasteiger partial charge is 0.378 e. The lowest BCUT2D eigenvalue weighted by molar-refractivity contribution is 0.0594. The van der Waals surface area contributed by atoms with Crippen LogP contribution in [0.2, 0.25) is 0 Å². The van der Waals surface area contributed by atoms with Crippen LogP contribution in [0.15, 0.2) is 0 Å². The molecule has 1 unspecified atom stereocenters. The first-order valence-electron chi connectivity index (χ1n) is 5.11. The number of piperidine rings is 1. The van der Waals surface area contributed by atoms with E-state index in [2.05, 4.69) is 16.0 Å². The fourth-order valence-corrected chi connectivity index (χ4v) is 1.67. The molecule has 0 aromatic heterocycles. The van der Waals surface area contributed by atoms with E-state index < -0.39 is 0 Å². The Morgan fingerprint density at radius 2 is 2.08 bits per heavy atom. The minimum atomic E-state index is -0.324. The Balaban J connectivity index is 2.09. The zero-order valence-electron chi connectivity index (χ0n) is 8.34. The van der Waals surface area contributed by atoms with E-state index >= 15 is 0 Å². The Hall–Kier alpha value is -0.160. The van der Waals surface area contributed by atoms with Gasteiger partial charge < -0.3 is 15.7 Å². The van der Waals surface area contributed by atoms with Crippen molar-refractivity contribution in [3.05, 3.63) is 0 Å². The normalized spacial score (nSPS) is 21.7. The molecule has 0 aromatic rings. The summed E-state index contributed by atoms with van der Waals surface area (Å²) >= 11 is 0. The molecule has 0 amide bonds. The van der Waals surface area contributed by atoms with Gasteiger partial charge in [-0.05, 0) is 33.0 Å². The van der Waals surface area contributed by atoms with E-state index in [1.807, 2.05) is 7.05 Å². The topological polar surface area (TPSA) is 56.3 Å². The average Bonchev–Trinajstić information content (AvgIpc) is 2.19. The SMILES string of the molecule is CNCCNC(O)C1CCNCC1. The fraction of sp³-hybridized carbons (Fsp3) is 1.00. The molecular weight excluding hydrogens is 166 g/mol. The van der Waals surface area contributed by atoms with Gasteiger partial charge in [-0.2, -0.15) is 0 Å². The van der Waals surface area contributed by atoms with E-state index in [1.54, 1.807) is 0 Å². The van der Waals surface area contributed by atoms with Crippen LogP contribution >= 0.6 is 0 Å². The molecule has 0 bridgehead atoms. The number of hydrogen-bond donors (Lipinski definition) is 4. The van der Waals surface area contributed by atoms with Crippen LogP contribution in [-0.2, 0) is 0 Å². The van der Waals surface area contributed by atoms with E-state index in [0.717, 1.165) is 39.0 Å². The first kappa shape index (κ1) is 10.9. The predicted molar refractivity (Wildman–Crippen MR) is 53.5 cm³/mol. The number of hydrogen-bond acceptors (Lipinski definition) is 4. The van der Waals surface area contributed by atoms with Crippen molar-refractivity contribution in [2.24, 2.45) is 5.92 Å². The van der Waals surface area contributed by atoms with Gasteiger partial charge in [-0.3, -0.25) is 5.32 Å². The van der Waals surface area contributed by atoms with Crippen molar-refractivity contribution in [1.29, 1.82) is 0 Å². The summed E-state index contributed by atoms with van der Waals surface area (Å²) in [5, 5.41) is 19.2. The third kappa shape index (κ3) is 4.04. The van der Waals surface area contributed by atoms with Gasteiger partial charge >= 0.3 is 0 Å². The summed E-state index contributed by atoms with van der Waals surface area (Å²) in [6.07, 6.45) is 1.83.